The van der Waals surface area contributed by atoms with Crippen LogP contribution in [0.2, 0.25) is 0 Å². The van der Waals surface area contributed by atoms with Gasteiger partial charge in [-0.05, 0) is 6.07 Å². The van der Waals surface area contributed by atoms with Gasteiger partial charge in [-0.25, -0.2) is 9.78 Å². The van der Waals surface area contributed by atoms with Gasteiger partial charge in [-0.1, -0.05) is 0 Å². The average Bonchev–Trinajstić information content (AvgIpc) is 2.94. The van der Waals surface area contributed by atoms with E-state index in [0.29, 0.717) is 23.3 Å². The van der Waals surface area contributed by atoms with Gasteiger partial charge in [0.15, 0.2) is 5.58 Å². The third-order valence-electron chi connectivity index (χ3n) is 2.53. The molecular formula is C11H10N4O2S. The number of hydrogen-bond donors (Lipinski definition) is 3. The Bertz CT molecular complexity index is 729. The van der Waals surface area contributed by atoms with Crippen LogP contribution >= 0.6 is 11.3 Å². The second-order valence-corrected chi connectivity index (χ2v) is 4.50. The molecule has 0 aliphatic heterocycles. The number of fused-ring (bicyclic) bond motifs is 1. The summed E-state index contributed by atoms with van der Waals surface area (Å²) in [6.07, 6.45) is 0. The molecule has 0 saturated heterocycles. The van der Waals surface area contributed by atoms with Crippen LogP contribution in [0.3, 0.4) is 0 Å². The summed E-state index contributed by atoms with van der Waals surface area (Å²) < 4.78 is 4.92. The molecular weight excluding hydrogens is 252 g/mol. The molecule has 0 amide bonds. The van der Waals surface area contributed by atoms with Gasteiger partial charge < -0.3 is 15.5 Å². The summed E-state index contributed by atoms with van der Waals surface area (Å²) in [5.41, 5.74) is 10.9. The maximum absolute atomic E-state index is 11.1. The first-order valence-corrected chi connectivity index (χ1v) is 6.20. The molecule has 2 heterocycles. The van der Waals surface area contributed by atoms with Crippen molar-refractivity contribution in [1.29, 1.82) is 0 Å². The lowest BCUT2D eigenvalue weighted by Crippen LogP contribution is -2.02. The molecule has 1 aromatic carbocycles. The fourth-order valence-electron chi connectivity index (χ4n) is 1.68. The maximum Gasteiger partial charge on any atom is 0.417 e. The number of nitrogens with two attached hydrogens (primary N) is 1. The third-order valence-corrected chi connectivity index (χ3v) is 3.17. The van der Waals surface area contributed by atoms with Crippen LogP contribution in [0.15, 0.2) is 32.2 Å². The molecule has 7 heteroatoms. The molecule has 2 aromatic heterocycles. The van der Waals surface area contributed by atoms with Crippen LogP contribution in [0.4, 0.5) is 11.4 Å². The largest absolute Gasteiger partial charge is 0.417 e. The number of thiazole rings is 1. The van der Waals surface area contributed by atoms with Crippen molar-refractivity contribution in [3.63, 3.8) is 0 Å². The fourth-order valence-corrected chi connectivity index (χ4v) is 2.24. The van der Waals surface area contributed by atoms with Gasteiger partial charge in [-0.3, -0.25) is 4.98 Å². The van der Waals surface area contributed by atoms with Crippen LogP contribution in [0.25, 0.3) is 11.1 Å². The van der Waals surface area contributed by atoms with Crippen molar-refractivity contribution in [3.8, 4) is 0 Å². The number of oxazole rings is 1. The minimum atomic E-state index is -0.485. The van der Waals surface area contributed by atoms with Crippen LogP contribution in [-0.2, 0) is 6.54 Å². The summed E-state index contributed by atoms with van der Waals surface area (Å²) in [4.78, 5) is 17.8. The molecule has 0 aliphatic carbocycles. The van der Waals surface area contributed by atoms with E-state index in [1.165, 1.54) is 11.3 Å². The van der Waals surface area contributed by atoms with Crippen LogP contribution in [0, 0.1) is 0 Å². The number of rotatable bonds is 3. The van der Waals surface area contributed by atoms with Crippen LogP contribution in [0.1, 0.15) is 5.69 Å². The van der Waals surface area contributed by atoms with Crippen LogP contribution in [-0.4, -0.2) is 9.97 Å². The van der Waals surface area contributed by atoms with Crippen molar-refractivity contribution in [2.75, 3.05) is 11.1 Å². The van der Waals surface area contributed by atoms with Crippen molar-refractivity contribution in [3.05, 3.63) is 39.3 Å². The minimum Gasteiger partial charge on any atom is -0.408 e. The first kappa shape index (κ1) is 10.8. The van der Waals surface area contributed by atoms with Crippen LogP contribution < -0.4 is 16.8 Å². The summed E-state index contributed by atoms with van der Waals surface area (Å²) in [7, 11) is 0. The Kier molecular flexibility index (Phi) is 2.52. The van der Waals surface area contributed by atoms with Gasteiger partial charge in [0.05, 0.1) is 34.6 Å². The Morgan fingerprint density at radius 2 is 2.39 bits per heavy atom. The highest BCUT2D eigenvalue weighted by Gasteiger charge is 2.06. The number of benzene rings is 1. The molecule has 0 spiro atoms. The molecule has 0 atom stereocenters. The van der Waals surface area contributed by atoms with Gasteiger partial charge in [-0.15, -0.1) is 11.3 Å². The van der Waals surface area contributed by atoms with Crippen LogP contribution in [0.5, 0.6) is 0 Å². The van der Waals surface area contributed by atoms with E-state index in [-0.39, 0.29) is 0 Å². The summed E-state index contributed by atoms with van der Waals surface area (Å²) in [6.45, 7) is 0.585. The smallest absolute Gasteiger partial charge is 0.408 e. The summed E-state index contributed by atoms with van der Waals surface area (Å²) in [6, 6.07) is 3.37. The summed E-state index contributed by atoms with van der Waals surface area (Å²) in [5, 5.41) is 5.13. The maximum atomic E-state index is 11.1. The van der Waals surface area contributed by atoms with E-state index in [1.54, 1.807) is 17.6 Å². The molecule has 0 unspecified atom stereocenters. The van der Waals surface area contributed by atoms with Crippen molar-refractivity contribution in [2.24, 2.45) is 0 Å². The van der Waals surface area contributed by atoms with Gasteiger partial charge in [0.25, 0.3) is 0 Å². The van der Waals surface area contributed by atoms with Gasteiger partial charge in [0, 0.05) is 11.4 Å². The Hall–Kier alpha value is -2.28. The van der Waals surface area contributed by atoms with Crippen molar-refractivity contribution in [2.45, 2.75) is 6.54 Å². The third kappa shape index (κ3) is 1.95. The number of H-pyrrole nitrogens is 1. The molecule has 0 saturated carbocycles. The molecule has 3 aromatic rings. The van der Waals surface area contributed by atoms with Crippen molar-refractivity contribution >= 4 is 33.8 Å². The Balaban J connectivity index is 1.91. The molecule has 0 bridgehead atoms. The molecule has 4 N–H and O–H groups in total. The van der Waals surface area contributed by atoms with Gasteiger partial charge in [0.1, 0.15) is 0 Å². The molecule has 92 valence electrons. The monoisotopic (exact) mass is 262 g/mol. The molecule has 6 nitrogen and oxygen atoms in total. The molecule has 0 fully saturated rings. The SMILES string of the molecule is Nc1cc2oc(=O)[nH]c2cc1NCc1cscn1. The zero-order valence-electron chi connectivity index (χ0n) is 9.27. The summed E-state index contributed by atoms with van der Waals surface area (Å²) in [5.74, 6) is -0.485. The predicted octanol–water partition coefficient (Wildman–Crippen LogP) is 1.77. The second-order valence-electron chi connectivity index (χ2n) is 3.78. The summed E-state index contributed by atoms with van der Waals surface area (Å²) >= 11 is 1.54. The van der Waals surface area contributed by atoms with E-state index in [2.05, 4.69) is 15.3 Å². The number of aromatic amines is 1. The van der Waals surface area contributed by atoms with E-state index in [1.807, 2.05) is 5.38 Å². The lowest BCUT2D eigenvalue weighted by atomic mass is 10.2. The Morgan fingerprint density at radius 3 is 3.17 bits per heavy atom. The Labute approximate surface area is 105 Å². The minimum absolute atomic E-state index is 0.455. The van der Waals surface area contributed by atoms with E-state index in [9.17, 15) is 4.79 Å². The number of nitrogens with one attached hydrogen (secondary N) is 2. The number of hydrogen-bond acceptors (Lipinski definition) is 6. The number of anilines is 2. The van der Waals surface area contributed by atoms with E-state index >= 15 is 0 Å². The fraction of sp³-hybridized carbons (Fsp3) is 0.0909. The Morgan fingerprint density at radius 1 is 1.50 bits per heavy atom. The predicted molar refractivity (Wildman–Crippen MR) is 70.7 cm³/mol. The van der Waals surface area contributed by atoms with E-state index in [4.69, 9.17) is 10.2 Å². The highest BCUT2D eigenvalue weighted by molar-refractivity contribution is 7.07. The standard InChI is InChI=1S/C11H10N4O2S/c12-7-1-10-9(15-11(16)17-10)2-8(7)13-3-6-4-18-5-14-6/h1-2,4-5,13H,3,12H2,(H,15,16). The molecule has 3 rings (SSSR count). The zero-order valence-corrected chi connectivity index (χ0v) is 10.1. The molecule has 0 radical (unpaired) electrons. The molecule has 18 heavy (non-hydrogen) atoms. The zero-order chi connectivity index (χ0) is 12.5. The lowest BCUT2D eigenvalue weighted by molar-refractivity contribution is 0.555. The topological polar surface area (TPSA) is 96.9 Å². The highest BCUT2D eigenvalue weighted by atomic mass is 32.1. The highest BCUT2D eigenvalue weighted by Crippen LogP contribution is 2.24. The molecule has 0 aliphatic rings. The van der Waals surface area contributed by atoms with Gasteiger partial charge >= 0.3 is 5.76 Å². The first-order valence-electron chi connectivity index (χ1n) is 5.25. The van der Waals surface area contributed by atoms with Gasteiger partial charge in [-0.2, -0.15) is 0 Å². The second kappa shape index (κ2) is 4.19. The van der Waals surface area contributed by atoms with Crippen molar-refractivity contribution in [1.82, 2.24) is 9.97 Å². The normalized spacial score (nSPS) is 10.9. The quantitative estimate of drug-likeness (QED) is 0.625. The van der Waals surface area contributed by atoms with E-state index in [0.717, 1.165) is 11.4 Å². The first-order chi connectivity index (χ1) is 8.72. The van der Waals surface area contributed by atoms with Gasteiger partial charge in [0.2, 0.25) is 0 Å². The number of nitrogens with zero attached hydrogens (tertiary/aromatic N) is 1. The average molecular weight is 262 g/mol. The lowest BCUT2D eigenvalue weighted by Gasteiger charge is -2.07. The van der Waals surface area contributed by atoms with Crippen molar-refractivity contribution < 1.29 is 4.42 Å². The van der Waals surface area contributed by atoms with E-state index < -0.39 is 5.76 Å². The number of nitrogen functional groups attached to an aromatic ring is 1. The number of aromatic nitrogens is 2.